The number of nitrogen functional groups attached to an aromatic ring is 1. The molecular formula is C10H15N6O5P. The number of imidazole rings is 1. The third-order valence-corrected chi connectivity index (χ3v) is 3.84. The number of fused-ring (bicyclic) bond motifs is 1. The second kappa shape index (κ2) is 5.97. The summed E-state index contributed by atoms with van der Waals surface area (Å²) in [4.78, 5) is 21.2. The van der Waals surface area contributed by atoms with Crippen LogP contribution >= 0.6 is 8.53 Å². The maximum Gasteiger partial charge on any atom is 0.250 e. The van der Waals surface area contributed by atoms with Gasteiger partial charge in [0.2, 0.25) is 0 Å². The average Bonchev–Trinajstić information content (AvgIpc) is 3.02. The minimum atomic E-state index is -2.21. The molecule has 12 heteroatoms. The van der Waals surface area contributed by atoms with Crippen molar-refractivity contribution in [2.24, 2.45) is 5.50 Å². The molecule has 0 aromatic carbocycles. The average molecular weight is 330 g/mol. The second-order valence-corrected chi connectivity index (χ2v) is 5.51. The van der Waals surface area contributed by atoms with Gasteiger partial charge in [-0.15, -0.1) is 0 Å². The lowest BCUT2D eigenvalue weighted by atomic mass is 10.1. The van der Waals surface area contributed by atoms with Crippen LogP contribution in [0.1, 0.15) is 6.23 Å². The van der Waals surface area contributed by atoms with Gasteiger partial charge in [0, 0.05) is 0 Å². The number of hydrogen-bond acceptors (Lipinski definition) is 10. The molecule has 7 N–H and O–H groups in total. The number of nitrogens with two attached hydrogens (primary N) is 2. The molecule has 3 rings (SSSR count). The van der Waals surface area contributed by atoms with E-state index in [1.807, 2.05) is 0 Å². The van der Waals surface area contributed by atoms with Crippen molar-refractivity contribution < 1.29 is 24.4 Å². The predicted octanol–water partition coefficient (Wildman–Crippen LogP) is -1.78. The maximum absolute atomic E-state index is 10.4. The first-order valence-electron chi connectivity index (χ1n) is 6.30. The number of anilines is 1. The van der Waals surface area contributed by atoms with Crippen molar-refractivity contribution in [2.45, 2.75) is 24.5 Å². The molecule has 11 nitrogen and oxygen atoms in total. The third kappa shape index (κ3) is 2.52. The first-order valence-corrected chi connectivity index (χ1v) is 7.59. The number of nitrogens with zero attached hydrogens (tertiary/aromatic N) is 4. The van der Waals surface area contributed by atoms with Gasteiger partial charge >= 0.3 is 0 Å². The summed E-state index contributed by atoms with van der Waals surface area (Å²) in [5.41, 5.74) is 11.7. The Balaban J connectivity index is 1.95. The van der Waals surface area contributed by atoms with Crippen molar-refractivity contribution in [1.29, 1.82) is 0 Å². The highest BCUT2D eigenvalue weighted by Gasteiger charge is 2.46. The number of aromatic nitrogens is 4. The van der Waals surface area contributed by atoms with Crippen molar-refractivity contribution in [3.63, 3.8) is 0 Å². The zero-order valence-electron chi connectivity index (χ0n) is 11.2. The molecule has 120 valence electrons. The van der Waals surface area contributed by atoms with Crippen LogP contribution in [0.4, 0.5) is 5.82 Å². The van der Waals surface area contributed by atoms with Crippen molar-refractivity contribution in [3.8, 4) is 0 Å². The van der Waals surface area contributed by atoms with Gasteiger partial charge in [-0.3, -0.25) is 10.1 Å². The van der Waals surface area contributed by atoms with E-state index in [9.17, 15) is 15.1 Å². The molecule has 0 spiro atoms. The first kappa shape index (κ1) is 15.4. The fourth-order valence-electron chi connectivity index (χ4n) is 2.41. The van der Waals surface area contributed by atoms with Crippen LogP contribution in [-0.4, -0.2) is 59.5 Å². The Labute approximate surface area is 125 Å². The van der Waals surface area contributed by atoms with Gasteiger partial charge in [0.1, 0.15) is 30.2 Å². The Morgan fingerprint density at radius 1 is 1.41 bits per heavy atom. The molecule has 22 heavy (non-hydrogen) atoms. The molecule has 5 atom stereocenters. The lowest BCUT2D eigenvalue weighted by molar-refractivity contribution is -0.0503. The van der Waals surface area contributed by atoms with Crippen LogP contribution in [-0.2, 0) is 9.26 Å². The molecule has 0 bridgehead atoms. The van der Waals surface area contributed by atoms with Gasteiger partial charge in [0.15, 0.2) is 17.7 Å². The van der Waals surface area contributed by atoms with Gasteiger partial charge in [0.05, 0.1) is 12.9 Å². The summed E-state index contributed by atoms with van der Waals surface area (Å²) in [5, 5.41) is 19.7. The molecule has 1 fully saturated rings. The van der Waals surface area contributed by atoms with Gasteiger partial charge in [-0.2, -0.15) is 0 Å². The molecule has 2 aromatic rings. The van der Waals surface area contributed by atoms with E-state index in [-0.39, 0.29) is 5.82 Å². The standard InChI is InChI=1S/C10H15N6O5P/c11-8-5-9(14-2-13-8)16(3-15-5)10-6(18)7(21-22(12)19)4(1-17)20-10/h2-4,6-7,10,17-19H,1,12H2,(H2,11,13,14)/t4-,6-,7-,10-,22?/m1/s1. The molecule has 0 saturated carbocycles. The second-order valence-electron chi connectivity index (χ2n) is 4.69. The Hall–Kier alpha value is -1.46. The predicted molar refractivity (Wildman–Crippen MR) is 74.9 cm³/mol. The molecule has 2 aromatic heterocycles. The highest BCUT2D eigenvalue weighted by Crippen LogP contribution is 2.37. The molecule has 0 radical (unpaired) electrons. The first-order chi connectivity index (χ1) is 10.5. The van der Waals surface area contributed by atoms with Crippen LogP contribution in [0.3, 0.4) is 0 Å². The summed E-state index contributed by atoms with van der Waals surface area (Å²) in [6.45, 7) is -0.412. The molecule has 3 heterocycles. The molecule has 0 aliphatic carbocycles. The zero-order chi connectivity index (χ0) is 15.9. The number of hydrogen-bond donors (Lipinski definition) is 5. The summed E-state index contributed by atoms with van der Waals surface area (Å²) in [6.07, 6.45) is -1.28. The van der Waals surface area contributed by atoms with Gasteiger partial charge < -0.3 is 30.1 Å². The van der Waals surface area contributed by atoms with Crippen molar-refractivity contribution >= 4 is 25.5 Å². The smallest absolute Gasteiger partial charge is 0.250 e. The summed E-state index contributed by atoms with van der Waals surface area (Å²) >= 11 is 0. The van der Waals surface area contributed by atoms with Crippen LogP contribution in [0, 0.1) is 0 Å². The van der Waals surface area contributed by atoms with Crippen LogP contribution < -0.4 is 11.2 Å². The van der Waals surface area contributed by atoms with Gasteiger partial charge in [-0.1, -0.05) is 0 Å². The number of rotatable bonds is 4. The Kier molecular flexibility index (Phi) is 4.19. The SMILES string of the molecule is Nc1ncnc2c1ncn2[C@@H]1O[C@H](CO)[C@@H](OP(N)O)[C@H]1O. The topological polar surface area (TPSA) is 175 Å². The third-order valence-electron chi connectivity index (χ3n) is 3.38. The highest BCUT2D eigenvalue weighted by molar-refractivity contribution is 7.43. The van der Waals surface area contributed by atoms with E-state index in [1.165, 1.54) is 17.2 Å². The molecule has 1 aliphatic heterocycles. The van der Waals surface area contributed by atoms with Gasteiger partial charge in [-0.05, 0) is 0 Å². The van der Waals surface area contributed by atoms with Crippen molar-refractivity contribution in [2.75, 3.05) is 12.3 Å². The minimum absolute atomic E-state index is 0.198. The number of aliphatic hydroxyl groups is 2. The van der Waals surface area contributed by atoms with E-state index >= 15 is 0 Å². The largest absolute Gasteiger partial charge is 0.394 e. The van der Waals surface area contributed by atoms with Crippen molar-refractivity contribution in [1.82, 2.24) is 19.5 Å². The van der Waals surface area contributed by atoms with Crippen LogP contribution in [0.25, 0.3) is 11.2 Å². The van der Waals surface area contributed by atoms with Crippen LogP contribution in [0.15, 0.2) is 12.7 Å². The van der Waals surface area contributed by atoms with E-state index in [1.54, 1.807) is 0 Å². The summed E-state index contributed by atoms with van der Waals surface area (Å²) < 4.78 is 12.1. The Morgan fingerprint density at radius 3 is 2.86 bits per heavy atom. The molecular weight excluding hydrogens is 315 g/mol. The summed E-state index contributed by atoms with van der Waals surface area (Å²) in [6, 6.07) is 0. The van der Waals surface area contributed by atoms with E-state index in [0.717, 1.165) is 0 Å². The zero-order valence-corrected chi connectivity index (χ0v) is 12.1. The lowest BCUT2D eigenvalue weighted by Gasteiger charge is -2.20. The van der Waals surface area contributed by atoms with Crippen LogP contribution in [0.5, 0.6) is 0 Å². The van der Waals surface area contributed by atoms with E-state index in [2.05, 4.69) is 15.0 Å². The van der Waals surface area contributed by atoms with E-state index in [4.69, 9.17) is 20.5 Å². The Morgan fingerprint density at radius 2 is 2.18 bits per heavy atom. The van der Waals surface area contributed by atoms with Gasteiger partial charge in [0.25, 0.3) is 8.53 Å². The van der Waals surface area contributed by atoms with E-state index < -0.39 is 39.7 Å². The fraction of sp³-hybridized carbons (Fsp3) is 0.500. The summed E-state index contributed by atoms with van der Waals surface area (Å²) in [7, 11) is -2.21. The molecule has 1 unspecified atom stereocenters. The van der Waals surface area contributed by atoms with Crippen molar-refractivity contribution in [3.05, 3.63) is 12.7 Å². The lowest BCUT2D eigenvalue weighted by Crippen LogP contribution is -2.35. The van der Waals surface area contributed by atoms with E-state index in [0.29, 0.717) is 11.2 Å². The highest BCUT2D eigenvalue weighted by atomic mass is 31.2. The maximum atomic E-state index is 10.4. The van der Waals surface area contributed by atoms with Crippen LogP contribution in [0.2, 0.25) is 0 Å². The minimum Gasteiger partial charge on any atom is -0.394 e. The number of ether oxygens (including phenoxy) is 1. The molecule has 1 saturated heterocycles. The fourth-order valence-corrected chi connectivity index (χ4v) is 2.92. The number of aliphatic hydroxyl groups excluding tert-OH is 2. The Bertz CT molecular complexity index is 668. The summed E-state index contributed by atoms with van der Waals surface area (Å²) in [5.74, 6) is 0.198. The van der Waals surface area contributed by atoms with Gasteiger partial charge in [-0.25, -0.2) is 15.0 Å². The monoisotopic (exact) mass is 330 g/mol. The normalized spacial score (nSPS) is 30.0. The molecule has 1 aliphatic rings. The quantitative estimate of drug-likeness (QED) is 0.403. The molecule has 0 amide bonds.